The molecular weight excluding hydrogens is 372 g/mol. The van der Waals surface area contributed by atoms with Crippen molar-refractivity contribution in [3.63, 3.8) is 0 Å². The van der Waals surface area contributed by atoms with Crippen molar-refractivity contribution in [2.24, 2.45) is 0 Å². The number of nitrogens with zero attached hydrogens (tertiary/aromatic N) is 4. The Morgan fingerprint density at radius 2 is 0.444 bits per heavy atom. The van der Waals surface area contributed by atoms with Gasteiger partial charge in [0.2, 0.25) is 0 Å². The Balaban J connectivity index is -0.0000000257. The van der Waals surface area contributed by atoms with E-state index in [1.807, 2.05) is 0 Å². The standard InChI is InChI=1S/4NO3.Ni.Zn/c4*2-1(3)4;;/q4*-1;2*+2. The summed E-state index contributed by atoms with van der Waals surface area (Å²) in [5.41, 5.74) is 0. The molecule has 0 aliphatic rings. The van der Waals surface area contributed by atoms with Crippen molar-refractivity contribution in [1.29, 1.82) is 0 Å². The maximum absolute atomic E-state index is 8.25. The Kier molecular flexibility index (Phi) is 58.8. The zero-order valence-corrected chi connectivity index (χ0v) is 11.7. The molecule has 0 radical (unpaired) electrons. The van der Waals surface area contributed by atoms with Crippen molar-refractivity contribution in [2.45, 2.75) is 0 Å². The average Bonchev–Trinajstić information content (AvgIpc) is 1.76. The minimum absolute atomic E-state index is 0. The molecule has 104 valence electrons. The monoisotopic (exact) mass is 370 g/mol. The Morgan fingerprint density at radius 3 is 0.444 bits per heavy atom. The van der Waals surface area contributed by atoms with Crippen LogP contribution in [0.3, 0.4) is 0 Å². The third-order valence-corrected chi connectivity index (χ3v) is 0. The molecule has 0 atom stereocenters. The molecule has 0 saturated carbocycles. The maximum Gasteiger partial charge on any atom is 2.00 e. The minimum Gasteiger partial charge on any atom is -0.356 e. The molecule has 0 N–H and O–H groups in total. The molecule has 16 nitrogen and oxygen atoms in total. The van der Waals surface area contributed by atoms with Crippen LogP contribution in [0, 0.1) is 61.3 Å². The van der Waals surface area contributed by atoms with Crippen LogP contribution >= 0.6 is 0 Å². The van der Waals surface area contributed by atoms with Gasteiger partial charge in [0.25, 0.3) is 0 Å². The van der Waals surface area contributed by atoms with Crippen LogP contribution in [0.4, 0.5) is 0 Å². The van der Waals surface area contributed by atoms with Gasteiger partial charge in [0.15, 0.2) is 0 Å². The second-order valence-electron chi connectivity index (χ2n) is 0.894. The van der Waals surface area contributed by atoms with E-state index in [1.54, 1.807) is 0 Å². The molecule has 18 heteroatoms. The van der Waals surface area contributed by atoms with Gasteiger partial charge < -0.3 is 61.3 Å². The van der Waals surface area contributed by atoms with Gasteiger partial charge in [0.1, 0.15) is 0 Å². The summed E-state index contributed by atoms with van der Waals surface area (Å²) in [6.45, 7) is 0. The van der Waals surface area contributed by atoms with Gasteiger partial charge in [-0.1, -0.05) is 0 Å². The van der Waals surface area contributed by atoms with E-state index < -0.39 is 20.3 Å². The molecule has 0 rings (SSSR count). The summed E-state index contributed by atoms with van der Waals surface area (Å²) < 4.78 is 0. The zero-order valence-electron chi connectivity index (χ0n) is 7.71. The fraction of sp³-hybridized carbons (Fsp3) is 0. The van der Waals surface area contributed by atoms with E-state index in [0.717, 1.165) is 0 Å². The first-order valence-electron chi connectivity index (χ1n) is 2.19. The number of hydrogen-bond donors (Lipinski definition) is 0. The molecule has 0 aromatic rings. The molecule has 0 bridgehead atoms. The molecule has 0 spiro atoms. The number of rotatable bonds is 0. The van der Waals surface area contributed by atoms with Crippen LogP contribution in [0.2, 0.25) is 0 Å². The van der Waals surface area contributed by atoms with Gasteiger partial charge in [0.05, 0.1) is 20.3 Å². The fourth-order valence-electron chi connectivity index (χ4n) is 0. The molecule has 0 unspecified atom stereocenters. The fourth-order valence-corrected chi connectivity index (χ4v) is 0. The summed E-state index contributed by atoms with van der Waals surface area (Å²) in [7, 11) is 0. The topological polar surface area (TPSA) is 265 Å². The van der Waals surface area contributed by atoms with Crippen molar-refractivity contribution >= 4 is 0 Å². The SMILES string of the molecule is O=[N+]([O-])[O-].O=[N+]([O-])[O-].O=[N+]([O-])[O-].O=[N+]([O-])[O-].[Ni+2].[Zn+2]. The summed E-state index contributed by atoms with van der Waals surface area (Å²) in [6, 6.07) is 0. The molecule has 0 aliphatic carbocycles. The van der Waals surface area contributed by atoms with Crippen LogP contribution in [-0.4, -0.2) is 20.3 Å². The van der Waals surface area contributed by atoms with Crippen molar-refractivity contribution in [3.8, 4) is 0 Å². The van der Waals surface area contributed by atoms with E-state index in [9.17, 15) is 0 Å². The Morgan fingerprint density at radius 1 is 0.444 bits per heavy atom. The summed E-state index contributed by atoms with van der Waals surface area (Å²) in [4.78, 5) is 33.0. The third-order valence-electron chi connectivity index (χ3n) is 0. The van der Waals surface area contributed by atoms with Crippen molar-refractivity contribution in [2.75, 3.05) is 0 Å². The zero-order chi connectivity index (χ0) is 14.3. The predicted octanol–water partition coefficient (Wildman–Crippen LogP) is -0.961. The van der Waals surface area contributed by atoms with Crippen LogP contribution in [0.1, 0.15) is 0 Å². The molecule has 0 heterocycles. The minimum atomic E-state index is -1.75. The van der Waals surface area contributed by atoms with E-state index in [2.05, 4.69) is 0 Å². The Hall–Kier alpha value is -2.08. The third kappa shape index (κ3) is 535. The molecular formula is N4NiO12Zn. The largest absolute Gasteiger partial charge is 2.00 e. The second-order valence-corrected chi connectivity index (χ2v) is 0.894. The van der Waals surface area contributed by atoms with Crippen molar-refractivity contribution in [3.05, 3.63) is 61.3 Å². The molecule has 0 aromatic carbocycles. The summed E-state index contributed by atoms with van der Waals surface area (Å²) >= 11 is 0. The Bertz CT molecular complexity index is 164. The van der Waals surface area contributed by atoms with Gasteiger partial charge in [-0.2, -0.15) is 0 Å². The average molecular weight is 372 g/mol. The van der Waals surface area contributed by atoms with E-state index >= 15 is 0 Å². The maximum atomic E-state index is 8.25. The van der Waals surface area contributed by atoms with E-state index in [4.69, 9.17) is 61.3 Å². The molecule has 0 aromatic heterocycles. The molecule has 0 saturated heterocycles. The summed E-state index contributed by atoms with van der Waals surface area (Å²) in [5.74, 6) is 0. The first-order chi connectivity index (χ1) is 6.93. The van der Waals surface area contributed by atoms with E-state index in [-0.39, 0.29) is 36.0 Å². The molecule has 0 aliphatic heterocycles. The summed E-state index contributed by atoms with van der Waals surface area (Å²) in [6.07, 6.45) is 0. The van der Waals surface area contributed by atoms with Gasteiger partial charge >= 0.3 is 36.0 Å². The van der Waals surface area contributed by atoms with Crippen LogP contribution in [-0.2, 0) is 36.0 Å². The van der Waals surface area contributed by atoms with Gasteiger partial charge in [-0.3, -0.25) is 0 Å². The van der Waals surface area contributed by atoms with Crippen LogP contribution in [0.15, 0.2) is 0 Å². The Labute approximate surface area is 118 Å². The van der Waals surface area contributed by atoms with Gasteiger partial charge in [0, 0.05) is 0 Å². The summed E-state index contributed by atoms with van der Waals surface area (Å²) in [5, 5.41) is 59.0. The van der Waals surface area contributed by atoms with Gasteiger partial charge in [-0.05, 0) is 0 Å². The molecule has 0 amide bonds. The van der Waals surface area contributed by atoms with Crippen molar-refractivity contribution in [1.82, 2.24) is 0 Å². The van der Waals surface area contributed by atoms with Crippen molar-refractivity contribution < 1.29 is 56.3 Å². The first kappa shape index (κ1) is 36.0. The van der Waals surface area contributed by atoms with E-state index in [1.165, 1.54) is 0 Å². The number of hydrogen-bond acceptors (Lipinski definition) is 12. The van der Waals surface area contributed by atoms with Crippen LogP contribution < -0.4 is 0 Å². The smallest absolute Gasteiger partial charge is 0.356 e. The quantitative estimate of drug-likeness (QED) is 0.282. The van der Waals surface area contributed by atoms with Gasteiger partial charge in [-0.15, -0.1) is 0 Å². The van der Waals surface area contributed by atoms with Crippen LogP contribution in [0.5, 0.6) is 0 Å². The molecule has 0 fully saturated rings. The molecule has 18 heavy (non-hydrogen) atoms. The normalized spacial score (nSPS) is 5.33. The van der Waals surface area contributed by atoms with E-state index in [0.29, 0.717) is 0 Å². The van der Waals surface area contributed by atoms with Crippen LogP contribution in [0.25, 0.3) is 0 Å². The predicted molar refractivity (Wildman–Crippen MR) is 41.4 cm³/mol. The first-order valence-corrected chi connectivity index (χ1v) is 2.19. The second kappa shape index (κ2) is 29.4. The van der Waals surface area contributed by atoms with Gasteiger partial charge in [-0.25, -0.2) is 0 Å².